The van der Waals surface area contributed by atoms with E-state index in [1.807, 2.05) is 12.1 Å². The normalized spacial score (nSPS) is 20.7. The molecule has 2 aromatic carbocycles. The Bertz CT molecular complexity index is 836. The van der Waals surface area contributed by atoms with E-state index >= 15 is 0 Å². The highest BCUT2D eigenvalue weighted by atomic mass is 19.1. The minimum atomic E-state index is -0.166. The molecule has 2 fully saturated rings. The van der Waals surface area contributed by atoms with Crippen LogP contribution >= 0.6 is 0 Å². The van der Waals surface area contributed by atoms with Crippen molar-refractivity contribution in [2.45, 2.75) is 38.8 Å². The Morgan fingerprint density at radius 1 is 0.871 bits per heavy atom. The largest absolute Gasteiger partial charge is 0.340 e. The third kappa shape index (κ3) is 6.62. The number of halogens is 1. The second kappa shape index (κ2) is 10.9. The van der Waals surface area contributed by atoms with Crippen molar-refractivity contribution < 1.29 is 9.18 Å². The molecule has 1 atom stereocenters. The Morgan fingerprint density at radius 3 is 2.39 bits per heavy atom. The zero-order valence-corrected chi connectivity index (χ0v) is 18.4. The number of amides is 1. The number of hydrogen-bond donors (Lipinski definition) is 0. The first-order valence-electron chi connectivity index (χ1n) is 11.7. The highest BCUT2D eigenvalue weighted by Gasteiger charge is 2.24. The summed E-state index contributed by atoms with van der Waals surface area (Å²) in [6.45, 7) is 7.40. The molecule has 0 bridgehead atoms. The number of benzene rings is 2. The summed E-state index contributed by atoms with van der Waals surface area (Å²) in [6, 6.07) is 17.4. The van der Waals surface area contributed by atoms with Crippen molar-refractivity contribution in [2.24, 2.45) is 5.92 Å². The molecule has 0 spiro atoms. The number of nitrogens with zero attached hydrogens (tertiary/aromatic N) is 3. The molecule has 1 amide bonds. The van der Waals surface area contributed by atoms with Crippen molar-refractivity contribution in [3.63, 3.8) is 0 Å². The van der Waals surface area contributed by atoms with E-state index in [-0.39, 0.29) is 5.82 Å². The average Bonchev–Trinajstić information content (AvgIpc) is 2.79. The zero-order chi connectivity index (χ0) is 21.5. The number of carbonyl (C=O) groups is 1. The first kappa shape index (κ1) is 22.0. The average molecular weight is 424 g/mol. The Labute approximate surface area is 185 Å². The van der Waals surface area contributed by atoms with E-state index in [0.29, 0.717) is 18.2 Å². The monoisotopic (exact) mass is 423 g/mol. The highest BCUT2D eigenvalue weighted by molar-refractivity contribution is 5.76. The standard InChI is InChI=1S/C26H34FN3O/c27-25-10-4-8-24(18-25)21-29-13-5-9-23(20-29)11-12-26(31)30-16-14-28(15-17-30)19-22-6-2-1-3-7-22/h1-4,6-8,10,18,23H,5,9,11-17,19-21H2/t23-/m0/s1. The summed E-state index contributed by atoms with van der Waals surface area (Å²) in [5.74, 6) is 0.702. The molecule has 0 aliphatic carbocycles. The quantitative estimate of drug-likeness (QED) is 0.669. The van der Waals surface area contributed by atoms with Gasteiger partial charge in [-0.25, -0.2) is 4.39 Å². The lowest BCUT2D eigenvalue weighted by atomic mass is 9.92. The number of carbonyl (C=O) groups excluding carboxylic acids is 1. The van der Waals surface area contributed by atoms with Crippen LogP contribution in [0, 0.1) is 11.7 Å². The third-order valence-corrected chi connectivity index (χ3v) is 6.64. The Hall–Kier alpha value is -2.24. The summed E-state index contributed by atoms with van der Waals surface area (Å²) in [6.07, 6.45) is 3.96. The smallest absolute Gasteiger partial charge is 0.222 e. The van der Waals surface area contributed by atoms with Gasteiger partial charge in [0.25, 0.3) is 0 Å². The molecule has 0 aromatic heterocycles. The van der Waals surface area contributed by atoms with E-state index in [0.717, 1.165) is 70.8 Å². The molecule has 2 heterocycles. The van der Waals surface area contributed by atoms with Crippen molar-refractivity contribution in [1.82, 2.24) is 14.7 Å². The number of hydrogen-bond acceptors (Lipinski definition) is 3. The van der Waals surface area contributed by atoms with Gasteiger partial charge in [-0.15, -0.1) is 0 Å². The fourth-order valence-corrected chi connectivity index (χ4v) is 4.91. The molecule has 5 heteroatoms. The van der Waals surface area contributed by atoms with Crippen LogP contribution in [-0.2, 0) is 17.9 Å². The molecule has 4 rings (SSSR count). The Balaban J connectivity index is 1.17. The molecule has 2 aliphatic heterocycles. The predicted molar refractivity (Wildman–Crippen MR) is 122 cm³/mol. The van der Waals surface area contributed by atoms with Crippen molar-refractivity contribution in [3.05, 3.63) is 71.5 Å². The maximum absolute atomic E-state index is 13.5. The molecule has 2 saturated heterocycles. The summed E-state index contributed by atoms with van der Waals surface area (Å²) in [4.78, 5) is 19.7. The predicted octanol–water partition coefficient (Wildman–Crippen LogP) is 4.16. The van der Waals surface area contributed by atoms with Crippen molar-refractivity contribution in [1.29, 1.82) is 0 Å². The topological polar surface area (TPSA) is 26.8 Å². The van der Waals surface area contributed by atoms with Crippen LogP contribution in [0.2, 0.25) is 0 Å². The van der Waals surface area contributed by atoms with Crippen LogP contribution in [0.1, 0.15) is 36.8 Å². The number of piperidine rings is 1. The minimum absolute atomic E-state index is 0.166. The molecule has 0 saturated carbocycles. The SMILES string of the molecule is O=C(CC[C@@H]1CCCN(Cc2cccc(F)c2)C1)N1CCN(Cc2ccccc2)CC1. The fourth-order valence-electron chi connectivity index (χ4n) is 4.91. The molecule has 0 N–H and O–H groups in total. The van der Waals surface area contributed by atoms with Gasteiger partial charge in [0.15, 0.2) is 0 Å². The molecule has 166 valence electrons. The molecule has 2 aromatic rings. The Morgan fingerprint density at radius 2 is 1.61 bits per heavy atom. The molecular formula is C26H34FN3O. The maximum atomic E-state index is 13.5. The van der Waals surface area contributed by atoms with Crippen LogP contribution in [0.15, 0.2) is 54.6 Å². The molecule has 4 nitrogen and oxygen atoms in total. The first-order valence-corrected chi connectivity index (χ1v) is 11.7. The Kier molecular flexibility index (Phi) is 7.71. The molecule has 0 unspecified atom stereocenters. The van der Waals surface area contributed by atoms with Gasteiger partial charge in [-0.1, -0.05) is 42.5 Å². The number of likely N-dealkylation sites (tertiary alicyclic amines) is 1. The number of rotatable bonds is 7. The van der Waals surface area contributed by atoms with Crippen LogP contribution in [0.3, 0.4) is 0 Å². The van der Waals surface area contributed by atoms with Gasteiger partial charge < -0.3 is 4.90 Å². The lowest BCUT2D eigenvalue weighted by Gasteiger charge is -2.36. The van der Waals surface area contributed by atoms with Gasteiger partial charge in [-0.05, 0) is 55.0 Å². The summed E-state index contributed by atoms with van der Waals surface area (Å²) < 4.78 is 13.5. The lowest BCUT2D eigenvalue weighted by Crippen LogP contribution is -2.48. The number of piperazine rings is 1. The van der Waals surface area contributed by atoms with E-state index in [1.165, 1.54) is 18.1 Å². The van der Waals surface area contributed by atoms with E-state index < -0.39 is 0 Å². The van der Waals surface area contributed by atoms with Gasteiger partial charge in [0.05, 0.1) is 0 Å². The second-order valence-corrected chi connectivity index (χ2v) is 9.05. The van der Waals surface area contributed by atoms with Crippen LogP contribution in [0.4, 0.5) is 4.39 Å². The van der Waals surface area contributed by atoms with Gasteiger partial charge >= 0.3 is 0 Å². The van der Waals surface area contributed by atoms with Gasteiger partial charge in [0, 0.05) is 52.2 Å². The highest BCUT2D eigenvalue weighted by Crippen LogP contribution is 2.23. The van der Waals surface area contributed by atoms with Crippen LogP contribution < -0.4 is 0 Å². The van der Waals surface area contributed by atoms with Crippen molar-refractivity contribution in [3.8, 4) is 0 Å². The van der Waals surface area contributed by atoms with Gasteiger partial charge in [0.2, 0.25) is 5.91 Å². The van der Waals surface area contributed by atoms with Crippen LogP contribution in [0.5, 0.6) is 0 Å². The fraction of sp³-hybridized carbons (Fsp3) is 0.500. The third-order valence-electron chi connectivity index (χ3n) is 6.64. The molecular weight excluding hydrogens is 389 g/mol. The van der Waals surface area contributed by atoms with E-state index in [4.69, 9.17) is 0 Å². The second-order valence-electron chi connectivity index (χ2n) is 9.05. The zero-order valence-electron chi connectivity index (χ0n) is 18.4. The van der Waals surface area contributed by atoms with Gasteiger partial charge in [-0.2, -0.15) is 0 Å². The van der Waals surface area contributed by atoms with Crippen LogP contribution in [-0.4, -0.2) is 59.9 Å². The van der Waals surface area contributed by atoms with Crippen molar-refractivity contribution in [2.75, 3.05) is 39.3 Å². The summed E-state index contributed by atoms with van der Waals surface area (Å²) in [7, 11) is 0. The van der Waals surface area contributed by atoms with Gasteiger partial charge in [-0.3, -0.25) is 14.6 Å². The van der Waals surface area contributed by atoms with E-state index in [9.17, 15) is 9.18 Å². The molecule has 0 radical (unpaired) electrons. The minimum Gasteiger partial charge on any atom is -0.340 e. The summed E-state index contributed by atoms with van der Waals surface area (Å²) in [5.41, 5.74) is 2.37. The van der Waals surface area contributed by atoms with Crippen LogP contribution in [0.25, 0.3) is 0 Å². The summed E-state index contributed by atoms with van der Waals surface area (Å²) >= 11 is 0. The van der Waals surface area contributed by atoms with E-state index in [1.54, 1.807) is 12.1 Å². The first-order chi connectivity index (χ1) is 15.2. The summed E-state index contributed by atoms with van der Waals surface area (Å²) in [5, 5.41) is 0. The van der Waals surface area contributed by atoms with Crippen molar-refractivity contribution >= 4 is 5.91 Å². The van der Waals surface area contributed by atoms with E-state index in [2.05, 4.69) is 39.0 Å². The van der Waals surface area contributed by atoms with Gasteiger partial charge in [0.1, 0.15) is 5.82 Å². The lowest BCUT2D eigenvalue weighted by molar-refractivity contribution is -0.133. The maximum Gasteiger partial charge on any atom is 0.222 e. The molecule has 2 aliphatic rings. The molecule has 31 heavy (non-hydrogen) atoms.